The van der Waals surface area contributed by atoms with Gasteiger partial charge in [-0.25, -0.2) is 10.6 Å². The summed E-state index contributed by atoms with van der Waals surface area (Å²) in [6.45, 7) is 6.02. The summed E-state index contributed by atoms with van der Waals surface area (Å²) < 4.78 is 17.5. The van der Waals surface area contributed by atoms with Crippen molar-refractivity contribution in [1.82, 2.24) is 15.7 Å². The van der Waals surface area contributed by atoms with Gasteiger partial charge in [-0.15, -0.1) is 4.57 Å². The van der Waals surface area contributed by atoms with Crippen LogP contribution in [0.3, 0.4) is 0 Å². The average Bonchev–Trinajstić information content (AvgIpc) is 3.39. The highest BCUT2D eigenvalue weighted by Crippen LogP contribution is 2.58. The van der Waals surface area contributed by atoms with E-state index in [-0.39, 0.29) is 19.3 Å². The number of rotatable bonds is 0. The minimum atomic E-state index is -0.680. The minimum absolute atomic E-state index is 0.0796. The Bertz CT molecular complexity index is 2090. The fourth-order valence-electron chi connectivity index (χ4n) is 10.3. The lowest BCUT2D eigenvalue weighted by atomic mass is 9.36. The molecule has 0 amide bonds. The van der Waals surface area contributed by atoms with Gasteiger partial charge in [0.15, 0.2) is 12.1 Å². The molecule has 0 saturated heterocycles. The molecule has 3 atom stereocenters. The smallest absolute Gasteiger partial charge is 0.459 e. The summed E-state index contributed by atoms with van der Waals surface area (Å²) in [5.41, 5.74) is 14.8. The Morgan fingerprint density at radius 1 is 0.721 bits per heavy atom. The SMILES string of the molecule is CB1c2cccc3c2C2(NCO3)c3c1ccc1c3C3c4c-1ccc1c4C4(NCOc5cccc(c54)B1C)[n+]1ncc[n+]2c13. The van der Waals surface area contributed by atoms with Gasteiger partial charge in [-0.2, -0.15) is 0 Å². The van der Waals surface area contributed by atoms with Crippen molar-refractivity contribution in [1.29, 1.82) is 0 Å². The number of benzene rings is 4. The molecule has 0 radical (unpaired) electrons. The average molecular weight is 557 g/mol. The lowest BCUT2D eigenvalue weighted by Gasteiger charge is -2.47. The molecule has 6 aliphatic heterocycles. The largest absolute Gasteiger partial charge is 0.478 e. The van der Waals surface area contributed by atoms with E-state index in [9.17, 15) is 0 Å². The van der Waals surface area contributed by atoms with Gasteiger partial charge in [-0.3, -0.25) is 0 Å². The van der Waals surface area contributed by atoms with Gasteiger partial charge in [0.25, 0.3) is 5.66 Å². The Labute approximate surface area is 248 Å². The molecule has 5 aromatic rings. The number of nitrogens with zero attached hydrogens (tertiary/aromatic N) is 3. The van der Waals surface area contributed by atoms with Crippen molar-refractivity contribution in [3.05, 3.63) is 112 Å². The molecular weight excluding hydrogens is 532 g/mol. The van der Waals surface area contributed by atoms with Crippen LogP contribution in [-0.4, -0.2) is 32.0 Å². The van der Waals surface area contributed by atoms with Gasteiger partial charge in [0, 0.05) is 20.9 Å². The van der Waals surface area contributed by atoms with Crippen LogP contribution >= 0.6 is 0 Å². The van der Waals surface area contributed by atoms with Gasteiger partial charge in [0.1, 0.15) is 25.0 Å². The second kappa shape index (κ2) is 6.69. The van der Waals surface area contributed by atoms with Crippen molar-refractivity contribution in [2.45, 2.75) is 30.9 Å². The Balaban J connectivity index is 1.34. The van der Waals surface area contributed by atoms with Gasteiger partial charge in [0.05, 0.1) is 11.1 Å². The van der Waals surface area contributed by atoms with Gasteiger partial charge in [-0.1, -0.05) is 84.0 Å². The Kier molecular flexibility index (Phi) is 3.44. The molecule has 1 aliphatic carbocycles. The second-order valence-corrected chi connectivity index (χ2v) is 13.1. The van der Waals surface area contributed by atoms with Crippen LogP contribution in [0, 0.1) is 0 Å². The third-order valence-electron chi connectivity index (χ3n) is 11.8. The van der Waals surface area contributed by atoms with E-state index in [1.54, 1.807) is 0 Å². The Morgan fingerprint density at radius 3 is 1.93 bits per heavy atom. The van der Waals surface area contributed by atoms with Crippen LogP contribution < -0.4 is 51.2 Å². The molecule has 202 valence electrons. The molecule has 1 aromatic heterocycles. The topological polar surface area (TPSA) is 63.2 Å². The summed E-state index contributed by atoms with van der Waals surface area (Å²) >= 11 is 0. The Morgan fingerprint density at radius 2 is 1.28 bits per heavy atom. The molecule has 3 unspecified atom stereocenters. The number of ether oxygens (including phenoxy) is 2. The fraction of sp³-hybridized carbons (Fsp3) is 0.206. The molecule has 0 saturated carbocycles. The lowest BCUT2D eigenvalue weighted by Crippen LogP contribution is -2.85. The second-order valence-electron chi connectivity index (χ2n) is 13.1. The molecule has 9 heteroatoms. The highest BCUT2D eigenvalue weighted by atomic mass is 16.5. The van der Waals surface area contributed by atoms with Gasteiger partial charge in [-0.05, 0) is 34.4 Å². The van der Waals surface area contributed by atoms with Crippen LogP contribution in [0.1, 0.15) is 45.1 Å². The van der Waals surface area contributed by atoms with E-state index in [4.69, 9.17) is 14.6 Å². The maximum absolute atomic E-state index is 6.33. The van der Waals surface area contributed by atoms with Crippen LogP contribution in [0.5, 0.6) is 11.5 Å². The zero-order valence-electron chi connectivity index (χ0n) is 23.7. The van der Waals surface area contributed by atoms with E-state index >= 15 is 0 Å². The van der Waals surface area contributed by atoms with Crippen LogP contribution in [-0.2, 0) is 11.3 Å². The summed E-state index contributed by atoms with van der Waals surface area (Å²) in [6.07, 6.45) is 4.18. The Hall–Kier alpha value is -4.46. The zero-order valence-corrected chi connectivity index (χ0v) is 23.7. The number of nitrogens with one attached hydrogen (secondary N) is 2. The van der Waals surface area contributed by atoms with Crippen LogP contribution in [0.25, 0.3) is 11.1 Å². The molecule has 0 bridgehead atoms. The minimum Gasteiger partial charge on any atom is -0.478 e. The van der Waals surface area contributed by atoms with E-state index in [0.717, 1.165) is 11.5 Å². The van der Waals surface area contributed by atoms with Crippen molar-refractivity contribution in [3.63, 3.8) is 0 Å². The normalized spacial score (nSPS) is 25.8. The summed E-state index contributed by atoms with van der Waals surface area (Å²) in [7, 11) is 0. The van der Waals surface area contributed by atoms with E-state index in [2.05, 4.69) is 100 Å². The first kappa shape index (κ1) is 22.1. The highest BCUT2D eigenvalue weighted by molar-refractivity contribution is 6.86. The first-order valence-corrected chi connectivity index (χ1v) is 15.4. The third-order valence-corrected chi connectivity index (χ3v) is 11.8. The van der Waals surface area contributed by atoms with Gasteiger partial charge in [0.2, 0.25) is 19.6 Å². The van der Waals surface area contributed by atoms with Crippen molar-refractivity contribution in [3.8, 4) is 22.6 Å². The van der Waals surface area contributed by atoms with E-state index in [1.807, 2.05) is 6.20 Å². The quantitative estimate of drug-likeness (QED) is 0.203. The summed E-state index contributed by atoms with van der Waals surface area (Å²) in [5.74, 6) is 3.17. The first-order chi connectivity index (χ1) is 21.2. The zero-order chi connectivity index (χ0) is 28.0. The predicted octanol–water partition coefficient (Wildman–Crippen LogP) is -0.0738. The predicted molar refractivity (Wildman–Crippen MR) is 162 cm³/mol. The lowest BCUT2D eigenvalue weighted by molar-refractivity contribution is -0.914. The van der Waals surface area contributed by atoms with Crippen molar-refractivity contribution in [2.24, 2.45) is 0 Å². The molecule has 4 aromatic carbocycles. The molecule has 12 rings (SSSR count). The maximum Gasteiger partial charge on any atom is 0.459 e. The molecule has 7 heterocycles. The third kappa shape index (κ3) is 2.01. The van der Waals surface area contributed by atoms with E-state index in [1.165, 1.54) is 72.2 Å². The molecular formula is C34H25B2N5O2+2. The number of hydrogen-bond acceptors (Lipinski definition) is 5. The monoisotopic (exact) mass is 557 g/mol. The summed E-state index contributed by atoms with van der Waals surface area (Å²) in [6, 6.07) is 22.7. The maximum atomic E-state index is 6.33. The molecule has 7 nitrogen and oxygen atoms in total. The van der Waals surface area contributed by atoms with Crippen LogP contribution in [0.2, 0.25) is 13.6 Å². The summed E-state index contributed by atoms with van der Waals surface area (Å²) in [5, 5.41) is 13.1. The number of aromatic nitrogens is 3. The van der Waals surface area contributed by atoms with Crippen molar-refractivity contribution >= 4 is 35.3 Å². The van der Waals surface area contributed by atoms with Crippen molar-refractivity contribution < 1.29 is 18.7 Å². The number of hydrogen-bond donors (Lipinski definition) is 2. The van der Waals surface area contributed by atoms with Gasteiger partial charge < -0.3 is 9.47 Å². The van der Waals surface area contributed by atoms with Crippen LogP contribution in [0.15, 0.2) is 73.1 Å². The number of fused-ring (bicyclic) bond motifs is 1. The molecule has 2 spiro atoms. The van der Waals surface area contributed by atoms with Crippen LogP contribution in [0.4, 0.5) is 0 Å². The molecule has 2 N–H and O–H groups in total. The van der Waals surface area contributed by atoms with Crippen molar-refractivity contribution in [2.75, 3.05) is 13.5 Å². The van der Waals surface area contributed by atoms with E-state index < -0.39 is 11.3 Å². The summed E-state index contributed by atoms with van der Waals surface area (Å²) in [4.78, 5) is 0. The first-order valence-electron chi connectivity index (χ1n) is 15.4. The van der Waals surface area contributed by atoms with E-state index in [0.29, 0.717) is 13.5 Å². The molecule has 43 heavy (non-hydrogen) atoms. The highest BCUT2D eigenvalue weighted by Gasteiger charge is 2.72. The fourth-order valence-corrected chi connectivity index (χ4v) is 10.3. The molecule has 0 fully saturated rings. The molecule has 7 aliphatic rings. The standard InChI is InChI=1S/C34H25B2N5O2/c1-35-19-5-3-7-23-28(19)33(37-15-42-23)30-21(35)11-9-17-18-10-12-22-31-26(18)27(25(17)30)32-40(33)14-13-39-41(32)34(31)29-20(36(22)2)6-4-8-24(29)43-16-38-34/h3-14,27,37-38H,15-16H2,1-2H3/q+2. The van der Waals surface area contributed by atoms with Gasteiger partial charge >= 0.3 is 11.5 Å².